The molecule has 0 fully saturated rings. The van der Waals surface area contributed by atoms with E-state index in [-0.39, 0.29) is 0 Å². The first-order valence-corrected chi connectivity index (χ1v) is 6.52. The Bertz CT molecular complexity index is 592. The van der Waals surface area contributed by atoms with Gasteiger partial charge in [-0.05, 0) is 29.7 Å². The molecule has 0 aliphatic rings. The van der Waals surface area contributed by atoms with E-state index in [1.807, 2.05) is 36.5 Å². The lowest BCUT2D eigenvalue weighted by Gasteiger charge is -2.12. The highest BCUT2D eigenvalue weighted by atomic mass is 16.5. The summed E-state index contributed by atoms with van der Waals surface area (Å²) in [5.74, 6) is 0.360. The maximum atomic E-state index is 11.1. The smallest absolute Gasteiger partial charge is 0.411 e. The number of nitrogens with zero attached hydrogens (tertiary/aromatic N) is 1. The Morgan fingerprint density at radius 1 is 1.20 bits per heavy atom. The minimum atomic E-state index is -0.470. The molecule has 4 nitrogen and oxygen atoms in total. The van der Waals surface area contributed by atoms with Crippen molar-refractivity contribution in [2.24, 2.45) is 0 Å². The number of pyridine rings is 1. The fourth-order valence-electron chi connectivity index (χ4n) is 2.02. The van der Waals surface area contributed by atoms with Crippen molar-refractivity contribution in [1.82, 2.24) is 4.98 Å². The number of hydrogen-bond donors (Lipinski definition) is 1. The number of anilines is 1. The van der Waals surface area contributed by atoms with E-state index in [1.54, 1.807) is 0 Å². The average Bonchev–Trinajstić information content (AvgIpc) is 2.48. The van der Waals surface area contributed by atoms with Crippen molar-refractivity contribution in [2.45, 2.75) is 19.8 Å². The molecule has 0 saturated heterocycles. The highest BCUT2D eigenvalue weighted by Gasteiger charge is 2.09. The van der Waals surface area contributed by atoms with Gasteiger partial charge in [0.2, 0.25) is 0 Å². The van der Waals surface area contributed by atoms with Crippen LogP contribution in [0.25, 0.3) is 11.1 Å². The molecule has 0 atom stereocenters. The molecular formula is C16H18N2O2. The third-order valence-electron chi connectivity index (χ3n) is 3.01. The van der Waals surface area contributed by atoms with Crippen molar-refractivity contribution < 1.29 is 9.53 Å². The minimum absolute atomic E-state index is 0.360. The Morgan fingerprint density at radius 3 is 2.50 bits per heavy atom. The van der Waals surface area contributed by atoms with E-state index >= 15 is 0 Å². The lowest BCUT2D eigenvalue weighted by atomic mass is 9.97. The summed E-state index contributed by atoms with van der Waals surface area (Å²) in [5.41, 5.74) is 3.97. The number of ether oxygens (including phenoxy) is 1. The molecule has 0 saturated carbocycles. The zero-order valence-electron chi connectivity index (χ0n) is 11.9. The quantitative estimate of drug-likeness (QED) is 0.915. The highest BCUT2D eigenvalue weighted by Crippen LogP contribution is 2.28. The van der Waals surface area contributed by atoms with Gasteiger partial charge >= 0.3 is 6.09 Å². The molecule has 0 bridgehead atoms. The first-order chi connectivity index (χ1) is 9.61. The van der Waals surface area contributed by atoms with E-state index in [9.17, 15) is 4.79 Å². The summed E-state index contributed by atoms with van der Waals surface area (Å²) in [6, 6.07) is 11.6. The molecule has 104 valence electrons. The SMILES string of the molecule is COC(=O)Nc1ccc(-c2cccnc2C(C)C)cc1. The van der Waals surface area contributed by atoms with Crippen LogP contribution in [-0.2, 0) is 4.74 Å². The van der Waals surface area contributed by atoms with E-state index in [4.69, 9.17) is 0 Å². The van der Waals surface area contributed by atoms with Gasteiger partial charge in [0.05, 0.1) is 12.8 Å². The maximum Gasteiger partial charge on any atom is 0.411 e. The van der Waals surface area contributed by atoms with Crippen LogP contribution in [0.15, 0.2) is 42.6 Å². The topological polar surface area (TPSA) is 51.2 Å². The molecular weight excluding hydrogens is 252 g/mol. The summed E-state index contributed by atoms with van der Waals surface area (Å²) in [7, 11) is 1.34. The second-order valence-corrected chi connectivity index (χ2v) is 4.78. The summed E-state index contributed by atoms with van der Waals surface area (Å²) in [6.45, 7) is 4.25. The van der Waals surface area contributed by atoms with Gasteiger partial charge in [0, 0.05) is 17.4 Å². The van der Waals surface area contributed by atoms with Crippen LogP contribution in [0.4, 0.5) is 10.5 Å². The molecule has 1 aromatic carbocycles. The Kier molecular flexibility index (Phi) is 4.35. The fraction of sp³-hybridized carbons (Fsp3) is 0.250. The molecule has 1 amide bonds. The van der Waals surface area contributed by atoms with Crippen LogP contribution < -0.4 is 5.32 Å². The van der Waals surface area contributed by atoms with Gasteiger partial charge in [-0.25, -0.2) is 4.79 Å². The third kappa shape index (κ3) is 3.15. The summed E-state index contributed by atoms with van der Waals surface area (Å²) >= 11 is 0. The number of methoxy groups -OCH3 is 1. The van der Waals surface area contributed by atoms with Crippen LogP contribution in [0, 0.1) is 0 Å². The van der Waals surface area contributed by atoms with E-state index in [0.29, 0.717) is 11.6 Å². The number of benzene rings is 1. The van der Waals surface area contributed by atoms with E-state index in [1.165, 1.54) is 7.11 Å². The van der Waals surface area contributed by atoms with E-state index < -0.39 is 6.09 Å². The number of carbonyl (C=O) groups is 1. The maximum absolute atomic E-state index is 11.1. The van der Waals surface area contributed by atoms with Gasteiger partial charge in [0.1, 0.15) is 0 Å². The van der Waals surface area contributed by atoms with Crippen molar-refractivity contribution in [2.75, 3.05) is 12.4 Å². The number of amides is 1. The van der Waals surface area contributed by atoms with Crippen LogP contribution in [0.5, 0.6) is 0 Å². The lowest BCUT2D eigenvalue weighted by Crippen LogP contribution is -2.10. The largest absolute Gasteiger partial charge is 0.453 e. The molecule has 1 aromatic heterocycles. The number of nitrogens with one attached hydrogen (secondary N) is 1. The van der Waals surface area contributed by atoms with Gasteiger partial charge in [-0.15, -0.1) is 0 Å². The van der Waals surface area contributed by atoms with Crippen LogP contribution >= 0.6 is 0 Å². The molecule has 0 unspecified atom stereocenters. The Labute approximate surface area is 118 Å². The molecule has 0 spiro atoms. The molecule has 20 heavy (non-hydrogen) atoms. The second kappa shape index (κ2) is 6.19. The molecule has 0 radical (unpaired) electrons. The fourth-order valence-corrected chi connectivity index (χ4v) is 2.02. The third-order valence-corrected chi connectivity index (χ3v) is 3.01. The van der Waals surface area contributed by atoms with E-state index in [2.05, 4.69) is 35.0 Å². The normalized spacial score (nSPS) is 10.4. The van der Waals surface area contributed by atoms with Gasteiger partial charge in [0.25, 0.3) is 0 Å². The highest BCUT2D eigenvalue weighted by molar-refractivity contribution is 5.85. The Morgan fingerprint density at radius 2 is 1.90 bits per heavy atom. The number of carbonyl (C=O) groups excluding carboxylic acids is 1. The van der Waals surface area contributed by atoms with Crippen molar-refractivity contribution in [1.29, 1.82) is 0 Å². The van der Waals surface area contributed by atoms with Crippen LogP contribution in [0.2, 0.25) is 0 Å². The van der Waals surface area contributed by atoms with Crippen LogP contribution in [-0.4, -0.2) is 18.2 Å². The molecule has 4 heteroatoms. The Hall–Kier alpha value is -2.36. The van der Waals surface area contributed by atoms with Gasteiger partial charge in [-0.3, -0.25) is 10.3 Å². The minimum Gasteiger partial charge on any atom is -0.453 e. The number of aromatic nitrogens is 1. The Balaban J connectivity index is 2.28. The monoisotopic (exact) mass is 270 g/mol. The van der Waals surface area contributed by atoms with Gasteiger partial charge in [0.15, 0.2) is 0 Å². The molecule has 1 heterocycles. The van der Waals surface area contributed by atoms with Gasteiger partial charge in [-0.1, -0.05) is 32.0 Å². The lowest BCUT2D eigenvalue weighted by molar-refractivity contribution is 0.187. The number of rotatable bonds is 3. The predicted octanol–water partition coefficient (Wildman–Crippen LogP) is 4.05. The zero-order chi connectivity index (χ0) is 14.5. The van der Waals surface area contributed by atoms with Crippen molar-refractivity contribution in [3.8, 4) is 11.1 Å². The van der Waals surface area contributed by atoms with Crippen molar-refractivity contribution in [3.05, 3.63) is 48.3 Å². The molecule has 2 aromatic rings. The van der Waals surface area contributed by atoms with Gasteiger partial charge < -0.3 is 4.74 Å². The van der Waals surface area contributed by atoms with Crippen molar-refractivity contribution in [3.63, 3.8) is 0 Å². The summed E-state index contributed by atoms with van der Waals surface area (Å²) in [5, 5.41) is 2.63. The van der Waals surface area contributed by atoms with Crippen molar-refractivity contribution >= 4 is 11.8 Å². The van der Waals surface area contributed by atoms with E-state index in [0.717, 1.165) is 16.8 Å². The molecule has 0 aliphatic heterocycles. The van der Waals surface area contributed by atoms with Crippen LogP contribution in [0.1, 0.15) is 25.5 Å². The molecule has 0 aliphatic carbocycles. The summed E-state index contributed by atoms with van der Waals surface area (Å²) < 4.78 is 4.56. The second-order valence-electron chi connectivity index (χ2n) is 4.78. The summed E-state index contributed by atoms with van der Waals surface area (Å²) in [6.07, 6.45) is 1.34. The first kappa shape index (κ1) is 14.1. The average molecular weight is 270 g/mol. The summed E-state index contributed by atoms with van der Waals surface area (Å²) in [4.78, 5) is 15.6. The molecule has 2 rings (SSSR count). The number of hydrogen-bond acceptors (Lipinski definition) is 3. The zero-order valence-corrected chi connectivity index (χ0v) is 11.9. The predicted molar refractivity (Wildman–Crippen MR) is 79.8 cm³/mol. The van der Waals surface area contributed by atoms with Gasteiger partial charge in [-0.2, -0.15) is 0 Å². The molecule has 1 N–H and O–H groups in total. The van der Waals surface area contributed by atoms with Crippen LogP contribution in [0.3, 0.4) is 0 Å². The standard InChI is InChI=1S/C16H18N2O2/c1-11(2)15-14(5-4-10-17-15)12-6-8-13(9-7-12)18-16(19)20-3/h4-11H,1-3H3,(H,18,19). The first-order valence-electron chi connectivity index (χ1n) is 6.52.